The fraction of sp³-hybridized carbons (Fsp3) is 0.625. The van der Waals surface area contributed by atoms with Gasteiger partial charge in [-0.2, -0.15) is 0 Å². The van der Waals surface area contributed by atoms with Crippen LogP contribution in [0.3, 0.4) is 0 Å². The van der Waals surface area contributed by atoms with Crippen molar-refractivity contribution in [3.8, 4) is 0 Å². The molecule has 2 amide bonds. The molecule has 24 heavy (non-hydrogen) atoms. The second-order valence-electron chi connectivity index (χ2n) is 6.04. The van der Waals surface area contributed by atoms with E-state index in [0.717, 1.165) is 37.0 Å². The van der Waals surface area contributed by atoms with Gasteiger partial charge in [-0.3, -0.25) is 9.59 Å². The number of nitrogens with zero attached hydrogens (tertiary/aromatic N) is 2. The maximum atomic E-state index is 12.2. The molecule has 132 valence electrons. The van der Waals surface area contributed by atoms with Gasteiger partial charge in [0.1, 0.15) is 9.88 Å². The van der Waals surface area contributed by atoms with Crippen LogP contribution in [0.15, 0.2) is 0 Å². The van der Waals surface area contributed by atoms with Gasteiger partial charge in [0, 0.05) is 13.0 Å². The van der Waals surface area contributed by atoms with E-state index in [-0.39, 0.29) is 29.3 Å². The van der Waals surface area contributed by atoms with Crippen molar-refractivity contribution in [3.05, 3.63) is 15.6 Å². The predicted molar refractivity (Wildman–Crippen MR) is 90.0 cm³/mol. The van der Waals surface area contributed by atoms with Gasteiger partial charge in [0.2, 0.25) is 11.8 Å². The Balaban J connectivity index is 1.94. The third-order valence-electron chi connectivity index (χ3n) is 4.01. The van der Waals surface area contributed by atoms with Gasteiger partial charge in [-0.05, 0) is 26.7 Å². The van der Waals surface area contributed by atoms with E-state index < -0.39 is 5.97 Å². The lowest BCUT2D eigenvalue weighted by molar-refractivity contribution is -0.136. The summed E-state index contributed by atoms with van der Waals surface area (Å²) in [6, 6.07) is -0.390. The highest BCUT2D eigenvalue weighted by atomic mass is 32.1. The van der Waals surface area contributed by atoms with Crippen molar-refractivity contribution < 1.29 is 19.5 Å². The molecule has 2 rings (SSSR count). The molecule has 1 fully saturated rings. The number of aromatic carboxylic acids is 1. The molecule has 1 aliphatic rings. The van der Waals surface area contributed by atoms with Crippen molar-refractivity contribution in [2.45, 2.75) is 52.0 Å². The Hall–Kier alpha value is -1.96. The number of carbonyl (C=O) groups is 3. The number of hydrogen-bond donors (Lipinski definition) is 2. The number of amides is 2. The molecular weight excluding hydrogens is 330 g/mol. The van der Waals surface area contributed by atoms with Crippen molar-refractivity contribution >= 4 is 29.1 Å². The Labute approximate surface area is 145 Å². The van der Waals surface area contributed by atoms with Gasteiger partial charge in [-0.25, -0.2) is 9.78 Å². The summed E-state index contributed by atoms with van der Waals surface area (Å²) in [4.78, 5) is 41.4. The van der Waals surface area contributed by atoms with Gasteiger partial charge in [0.25, 0.3) is 0 Å². The van der Waals surface area contributed by atoms with Gasteiger partial charge in [-0.1, -0.05) is 12.8 Å². The number of rotatable bonds is 5. The fourth-order valence-corrected chi connectivity index (χ4v) is 3.61. The summed E-state index contributed by atoms with van der Waals surface area (Å²) in [6.45, 7) is 4.05. The van der Waals surface area contributed by atoms with Crippen LogP contribution in [0.25, 0.3) is 0 Å². The molecule has 1 aromatic heterocycles. The van der Waals surface area contributed by atoms with Gasteiger partial charge in [0.05, 0.1) is 18.3 Å². The van der Waals surface area contributed by atoms with Crippen LogP contribution in [-0.2, 0) is 9.59 Å². The predicted octanol–water partition coefficient (Wildman–Crippen LogP) is 2.12. The van der Waals surface area contributed by atoms with Crippen LogP contribution in [0.4, 0.5) is 0 Å². The van der Waals surface area contributed by atoms with Crippen LogP contribution >= 0.6 is 11.3 Å². The van der Waals surface area contributed by atoms with Gasteiger partial charge < -0.3 is 15.3 Å². The summed E-state index contributed by atoms with van der Waals surface area (Å²) in [7, 11) is 0. The maximum absolute atomic E-state index is 12.2. The highest BCUT2D eigenvalue weighted by molar-refractivity contribution is 7.13. The van der Waals surface area contributed by atoms with Gasteiger partial charge in [-0.15, -0.1) is 11.3 Å². The summed E-state index contributed by atoms with van der Waals surface area (Å²) in [5.41, 5.74) is 0.447. The second kappa shape index (κ2) is 8.23. The zero-order valence-corrected chi connectivity index (χ0v) is 14.8. The van der Waals surface area contributed by atoms with E-state index in [1.165, 1.54) is 0 Å². The zero-order chi connectivity index (χ0) is 17.7. The number of likely N-dealkylation sites (tertiary alicyclic amines) is 1. The summed E-state index contributed by atoms with van der Waals surface area (Å²) in [5.74, 6) is -1.24. The van der Waals surface area contributed by atoms with Crippen LogP contribution in [0.2, 0.25) is 0 Å². The molecule has 1 saturated heterocycles. The Bertz CT molecular complexity index is 629. The molecule has 1 unspecified atom stereocenters. The van der Waals surface area contributed by atoms with Crippen LogP contribution in [0.1, 0.15) is 65.4 Å². The molecule has 1 atom stereocenters. The number of carboxylic acids is 1. The Morgan fingerprint density at radius 2 is 2.04 bits per heavy atom. The van der Waals surface area contributed by atoms with E-state index in [1.807, 2.05) is 0 Å². The van der Waals surface area contributed by atoms with Crippen molar-refractivity contribution in [2.75, 3.05) is 13.1 Å². The quantitative estimate of drug-likeness (QED) is 0.844. The molecule has 0 aliphatic carbocycles. The molecule has 7 nitrogen and oxygen atoms in total. The largest absolute Gasteiger partial charge is 0.477 e. The van der Waals surface area contributed by atoms with Gasteiger partial charge in [0.15, 0.2) is 0 Å². The van der Waals surface area contributed by atoms with Crippen molar-refractivity contribution in [1.82, 2.24) is 15.2 Å². The number of thiazole rings is 1. The summed E-state index contributed by atoms with van der Waals surface area (Å²) < 4.78 is 0. The smallest absolute Gasteiger partial charge is 0.347 e. The lowest BCUT2D eigenvalue weighted by Crippen LogP contribution is -2.42. The first-order valence-electron chi connectivity index (χ1n) is 8.16. The third-order valence-corrected chi connectivity index (χ3v) is 5.34. The van der Waals surface area contributed by atoms with Crippen molar-refractivity contribution in [1.29, 1.82) is 0 Å². The highest BCUT2D eigenvalue weighted by Crippen LogP contribution is 2.23. The molecule has 2 N–H and O–H groups in total. The van der Waals surface area contributed by atoms with Crippen LogP contribution in [0, 0.1) is 6.92 Å². The standard InChI is InChI=1S/C16H23N3O4S/c1-10-14(16(22)23)24-15(18-10)11(2)17-12(20)9-19-8-6-4-3-5-7-13(19)21/h11H,3-9H2,1-2H3,(H,17,20)(H,22,23). The number of aromatic nitrogens is 1. The first-order valence-corrected chi connectivity index (χ1v) is 8.98. The first kappa shape index (κ1) is 18.4. The minimum atomic E-state index is -1.01. The molecule has 0 saturated carbocycles. The van der Waals surface area contributed by atoms with E-state index in [4.69, 9.17) is 5.11 Å². The molecule has 1 aliphatic heterocycles. The van der Waals surface area contributed by atoms with E-state index in [1.54, 1.807) is 18.7 Å². The molecule has 0 radical (unpaired) electrons. The lowest BCUT2D eigenvalue weighted by atomic mass is 10.1. The Morgan fingerprint density at radius 1 is 1.33 bits per heavy atom. The minimum absolute atomic E-state index is 0.0239. The summed E-state index contributed by atoms with van der Waals surface area (Å²) in [5, 5.41) is 12.4. The van der Waals surface area contributed by atoms with Gasteiger partial charge >= 0.3 is 5.97 Å². The van der Waals surface area contributed by atoms with Crippen molar-refractivity contribution in [3.63, 3.8) is 0 Å². The third kappa shape index (κ3) is 4.77. The fourth-order valence-electron chi connectivity index (χ4n) is 2.71. The number of aryl methyl sites for hydroxylation is 1. The first-order chi connectivity index (χ1) is 11.4. The monoisotopic (exact) mass is 353 g/mol. The highest BCUT2D eigenvalue weighted by Gasteiger charge is 2.22. The van der Waals surface area contributed by atoms with Crippen molar-refractivity contribution in [2.24, 2.45) is 0 Å². The molecule has 1 aromatic rings. The van der Waals surface area contributed by atoms with Crippen LogP contribution < -0.4 is 5.32 Å². The summed E-state index contributed by atoms with van der Waals surface area (Å²) in [6.07, 6.45) is 4.44. The maximum Gasteiger partial charge on any atom is 0.347 e. The SMILES string of the molecule is Cc1nc(C(C)NC(=O)CN2CCCCCCC2=O)sc1C(=O)O. The van der Waals surface area contributed by atoms with Crippen LogP contribution in [-0.4, -0.2) is 45.9 Å². The molecule has 2 heterocycles. The lowest BCUT2D eigenvalue weighted by Gasteiger charge is -2.24. The molecule has 8 heteroatoms. The summed E-state index contributed by atoms with van der Waals surface area (Å²) >= 11 is 1.06. The van der Waals surface area contributed by atoms with E-state index in [9.17, 15) is 14.4 Å². The molecular formula is C16H23N3O4S. The average molecular weight is 353 g/mol. The Kier molecular flexibility index (Phi) is 6.30. The average Bonchev–Trinajstić information content (AvgIpc) is 2.89. The minimum Gasteiger partial charge on any atom is -0.477 e. The number of hydrogen-bond acceptors (Lipinski definition) is 5. The number of nitrogens with one attached hydrogen (secondary N) is 1. The van der Waals surface area contributed by atoms with E-state index in [0.29, 0.717) is 23.7 Å². The van der Waals surface area contributed by atoms with E-state index >= 15 is 0 Å². The normalized spacial score (nSPS) is 17.1. The Morgan fingerprint density at radius 3 is 2.71 bits per heavy atom. The topological polar surface area (TPSA) is 99.6 Å². The zero-order valence-electron chi connectivity index (χ0n) is 14.0. The molecule has 0 aromatic carbocycles. The molecule has 0 bridgehead atoms. The number of carboxylic acid groups (broad SMARTS) is 1. The van der Waals surface area contributed by atoms with Crippen LogP contribution in [0.5, 0.6) is 0 Å². The van der Waals surface area contributed by atoms with E-state index in [2.05, 4.69) is 10.3 Å². The molecule has 0 spiro atoms. The second-order valence-corrected chi connectivity index (χ2v) is 7.07. The number of carbonyl (C=O) groups excluding carboxylic acids is 2.